The molecule has 1 atom stereocenters. The number of ether oxygens (including phenoxy) is 1. The average Bonchev–Trinajstić information content (AvgIpc) is 2.35. The molecule has 1 rings (SSSR count). The number of rotatable bonds is 4. The standard InChI is InChI=1S/C13H23N3O4S/c1-13(2,3)20-12(19)15-9(8-10(14)17)11(18)16-4-6-21-7-5-16/h9H,4-8H2,1-3H3,(H2,14,17)(H,15,19). The number of carbonyl (C=O) groups is 3. The van der Waals surface area contributed by atoms with E-state index in [0.29, 0.717) is 13.1 Å². The van der Waals surface area contributed by atoms with E-state index in [0.717, 1.165) is 11.5 Å². The smallest absolute Gasteiger partial charge is 0.408 e. The van der Waals surface area contributed by atoms with Crippen molar-refractivity contribution in [1.29, 1.82) is 0 Å². The van der Waals surface area contributed by atoms with Crippen molar-refractivity contribution in [3.63, 3.8) is 0 Å². The molecule has 120 valence electrons. The van der Waals surface area contributed by atoms with Gasteiger partial charge in [-0.2, -0.15) is 11.8 Å². The molecule has 0 bridgehead atoms. The maximum atomic E-state index is 12.4. The van der Waals surface area contributed by atoms with Crippen LogP contribution in [0.2, 0.25) is 0 Å². The second kappa shape index (κ2) is 7.53. The first kappa shape index (κ1) is 17.6. The molecule has 0 aliphatic carbocycles. The Morgan fingerprint density at radius 1 is 1.29 bits per heavy atom. The molecule has 1 unspecified atom stereocenters. The van der Waals surface area contributed by atoms with Crippen LogP contribution in [-0.2, 0) is 14.3 Å². The monoisotopic (exact) mass is 317 g/mol. The molecule has 1 aliphatic rings. The number of nitrogens with two attached hydrogens (primary N) is 1. The van der Waals surface area contributed by atoms with Crippen LogP contribution in [0.3, 0.4) is 0 Å². The highest BCUT2D eigenvalue weighted by molar-refractivity contribution is 7.99. The largest absolute Gasteiger partial charge is 0.444 e. The third-order valence-electron chi connectivity index (χ3n) is 2.72. The normalized spacial score (nSPS) is 17.0. The van der Waals surface area contributed by atoms with Gasteiger partial charge in [0.05, 0.1) is 6.42 Å². The van der Waals surface area contributed by atoms with E-state index in [4.69, 9.17) is 10.5 Å². The van der Waals surface area contributed by atoms with Crippen LogP contribution < -0.4 is 11.1 Å². The van der Waals surface area contributed by atoms with Gasteiger partial charge in [0, 0.05) is 24.6 Å². The fourth-order valence-corrected chi connectivity index (χ4v) is 2.76. The number of amides is 3. The van der Waals surface area contributed by atoms with Crippen molar-refractivity contribution in [2.24, 2.45) is 5.73 Å². The summed E-state index contributed by atoms with van der Waals surface area (Å²) in [4.78, 5) is 36.9. The summed E-state index contributed by atoms with van der Waals surface area (Å²) in [5.41, 5.74) is 4.48. The molecule has 3 N–H and O–H groups in total. The van der Waals surface area contributed by atoms with Gasteiger partial charge in [-0.05, 0) is 20.8 Å². The van der Waals surface area contributed by atoms with Crippen LogP contribution in [0, 0.1) is 0 Å². The molecule has 1 fully saturated rings. The Hall–Kier alpha value is -1.44. The van der Waals surface area contributed by atoms with Gasteiger partial charge in [0.25, 0.3) is 0 Å². The van der Waals surface area contributed by atoms with Crippen molar-refractivity contribution in [3.8, 4) is 0 Å². The molecule has 8 heteroatoms. The van der Waals surface area contributed by atoms with Crippen molar-refractivity contribution in [2.45, 2.75) is 38.8 Å². The van der Waals surface area contributed by atoms with Crippen molar-refractivity contribution in [2.75, 3.05) is 24.6 Å². The summed E-state index contributed by atoms with van der Waals surface area (Å²) in [6, 6.07) is -0.972. The van der Waals surface area contributed by atoms with Crippen molar-refractivity contribution >= 4 is 29.7 Å². The van der Waals surface area contributed by atoms with Gasteiger partial charge in [-0.25, -0.2) is 4.79 Å². The molecule has 1 saturated heterocycles. The summed E-state index contributed by atoms with van der Waals surface area (Å²) in [6.07, 6.45) is -0.963. The van der Waals surface area contributed by atoms with Crippen molar-refractivity contribution < 1.29 is 19.1 Å². The minimum atomic E-state index is -0.972. The van der Waals surface area contributed by atoms with E-state index in [9.17, 15) is 14.4 Å². The zero-order chi connectivity index (χ0) is 16.0. The number of alkyl carbamates (subject to hydrolysis) is 1. The van der Waals surface area contributed by atoms with Crippen LogP contribution in [-0.4, -0.2) is 59.0 Å². The second-order valence-electron chi connectivity index (χ2n) is 5.81. The number of hydrogen-bond acceptors (Lipinski definition) is 5. The lowest BCUT2D eigenvalue weighted by atomic mass is 10.1. The van der Waals surface area contributed by atoms with Crippen LogP contribution in [0.25, 0.3) is 0 Å². The number of primary amides is 1. The summed E-state index contributed by atoms with van der Waals surface area (Å²) in [7, 11) is 0. The maximum Gasteiger partial charge on any atom is 0.408 e. The van der Waals surface area contributed by atoms with Gasteiger partial charge < -0.3 is 20.7 Å². The third-order valence-corrected chi connectivity index (χ3v) is 3.66. The third kappa shape index (κ3) is 6.70. The number of nitrogens with zero attached hydrogens (tertiary/aromatic N) is 1. The lowest BCUT2D eigenvalue weighted by Crippen LogP contribution is -2.52. The van der Waals surface area contributed by atoms with Crippen LogP contribution >= 0.6 is 11.8 Å². The van der Waals surface area contributed by atoms with Crippen LogP contribution in [0.1, 0.15) is 27.2 Å². The topological polar surface area (TPSA) is 102 Å². The van der Waals surface area contributed by atoms with E-state index >= 15 is 0 Å². The van der Waals surface area contributed by atoms with E-state index in [1.54, 1.807) is 37.4 Å². The molecule has 0 saturated carbocycles. The molecule has 1 aliphatic heterocycles. The highest BCUT2D eigenvalue weighted by Gasteiger charge is 2.30. The molecular formula is C13H23N3O4S. The summed E-state index contributed by atoms with van der Waals surface area (Å²) in [6.45, 7) is 6.38. The van der Waals surface area contributed by atoms with Gasteiger partial charge in [0.1, 0.15) is 11.6 Å². The van der Waals surface area contributed by atoms with E-state index in [1.807, 2.05) is 0 Å². The maximum absolute atomic E-state index is 12.4. The minimum Gasteiger partial charge on any atom is -0.444 e. The zero-order valence-electron chi connectivity index (χ0n) is 12.7. The highest BCUT2D eigenvalue weighted by Crippen LogP contribution is 2.12. The Bertz CT molecular complexity index is 403. The summed E-state index contributed by atoms with van der Waals surface area (Å²) in [5.74, 6) is 0.763. The lowest BCUT2D eigenvalue weighted by Gasteiger charge is -2.30. The quantitative estimate of drug-likeness (QED) is 0.778. The van der Waals surface area contributed by atoms with Crippen LogP contribution in [0.4, 0.5) is 4.79 Å². The first-order chi connectivity index (χ1) is 9.69. The molecule has 0 aromatic heterocycles. The lowest BCUT2D eigenvalue weighted by molar-refractivity contribution is -0.135. The number of thioether (sulfide) groups is 1. The predicted octanol–water partition coefficient (Wildman–Crippen LogP) is 0.331. The Kier molecular flexibility index (Phi) is 6.32. The molecule has 21 heavy (non-hydrogen) atoms. The van der Waals surface area contributed by atoms with E-state index in [1.165, 1.54) is 0 Å². The van der Waals surface area contributed by atoms with E-state index in [-0.39, 0.29) is 12.3 Å². The zero-order valence-corrected chi connectivity index (χ0v) is 13.5. The number of nitrogens with one attached hydrogen (secondary N) is 1. The molecule has 0 radical (unpaired) electrons. The van der Waals surface area contributed by atoms with Gasteiger partial charge in [-0.15, -0.1) is 0 Å². The number of carbonyl (C=O) groups excluding carboxylic acids is 3. The molecule has 0 spiro atoms. The Morgan fingerprint density at radius 3 is 2.33 bits per heavy atom. The van der Waals surface area contributed by atoms with E-state index < -0.39 is 23.6 Å². The predicted molar refractivity (Wildman–Crippen MR) is 80.9 cm³/mol. The van der Waals surface area contributed by atoms with Gasteiger partial charge in [0.2, 0.25) is 11.8 Å². The fourth-order valence-electron chi connectivity index (χ4n) is 1.86. The molecular weight excluding hydrogens is 294 g/mol. The molecule has 3 amide bonds. The van der Waals surface area contributed by atoms with Crippen LogP contribution in [0.5, 0.6) is 0 Å². The fraction of sp³-hybridized carbons (Fsp3) is 0.769. The summed E-state index contributed by atoms with van der Waals surface area (Å²) < 4.78 is 5.11. The molecule has 0 aromatic carbocycles. The Labute approximate surface area is 128 Å². The Morgan fingerprint density at radius 2 is 1.86 bits per heavy atom. The second-order valence-corrected chi connectivity index (χ2v) is 7.03. The van der Waals surface area contributed by atoms with Gasteiger partial charge in [-0.1, -0.05) is 0 Å². The Balaban J connectivity index is 2.68. The average molecular weight is 317 g/mol. The van der Waals surface area contributed by atoms with Crippen molar-refractivity contribution in [1.82, 2.24) is 10.2 Å². The first-order valence-corrected chi connectivity index (χ1v) is 7.99. The van der Waals surface area contributed by atoms with Crippen LogP contribution in [0.15, 0.2) is 0 Å². The summed E-state index contributed by atoms with van der Waals surface area (Å²) >= 11 is 1.77. The highest BCUT2D eigenvalue weighted by atomic mass is 32.2. The van der Waals surface area contributed by atoms with Crippen molar-refractivity contribution in [3.05, 3.63) is 0 Å². The van der Waals surface area contributed by atoms with Gasteiger partial charge in [-0.3, -0.25) is 9.59 Å². The molecule has 7 nitrogen and oxygen atoms in total. The summed E-state index contributed by atoms with van der Waals surface area (Å²) in [5, 5.41) is 2.44. The van der Waals surface area contributed by atoms with E-state index in [2.05, 4.69) is 5.32 Å². The molecule has 0 aromatic rings. The molecule has 1 heterocycles. The SMILES string of the molecule is CC(C)(C)OC(=O)NC(CC(N)=O)C(=O)N1CCSCC1. The minimum absolute atomic E-state index is 0.234. The number of hydrogen-bond donors (Lipinski definition) is 2. The first-order valence-electron chi connectivity index (χ1n) is 6.83. The van der Waals surface area contributed by atoms with Gasteiger partial charge >= 0.3 is 6.09 Å². The van der Waals surface area contributed by atoms with Gasteiger partial charge in [0.15, 0.2) is 0 Å².